The van der Waals surface area contributed by atoms with E-state index in [-0.39, 0.29) is 0 Å². The van der Waals surface area contributed by atoms with Crippen molar-refractivity contribution >= 4 is 5.78 Å². The zero-order valence-corrected chi connectivity index (χ0v) is 11.0. The number of benzene rings is 1. The highest BCUT2D eigenvalue weighted by atomic mass is 16.1. The van der Waals surface area contributed by atoms with Crippen molar-refractivity contribution in [3.63, 3.8) is 0 Å². The molecule has 2 saturated carbocycles. The summed E-state index contributed by atoms with van der Waals surface area (Å²) in [6.07, 6.45) is 8.58. The Morgan fingerprint density at radius 1 is 0.944 bits per heavy atom. The summed E-state index contributed by atoms with van der Waals surface area (Å²) in [5.41, 5.74) is 1.37. The maximum absolute atomic E-state index is 12.5. The second-order valence-corrected chi connectivity index (χ2v) is 5.95. The molecule has 0 aromatic heterocycles. The van der Waals surface area contributed by atoms with Crippen molar-refractivity contribution in [2.75, 3.05) is 0 Å². The molecule has 3 rings (SSSR count). The van der Waals surface area contributed by atoms with Crippen LogP contribution in [0, 0.1) is 11.8 Å². The molecule has 0 saturated heterocycles. The van der Waals surface area contributed by atoms with Gasteiger partial charge in [0.05, 0.1) is 0 Å². The van der Waals surface area contributed by atoms with E-state index in [9.17, 15) is 4.79 Å². The number of hydrogen-bond acceptors (Lipinski definition) is 1. The summed E-state index contributed by atoms with van der Waals surface area (Å²) in [6, 6.07) is 10.6. The maximum atomic E-state index is 12.5. The highest BCUT2D eigenvalue weighted by Crippen LogP contribution is 2.50. The Morgan fingerprint density at radius 2 is 1.61 bits per heavy atom. The summed E-state index contributed by atoms with van der Waals surface area (Å²) in [5.74, 6) is 1.83. The van der Waals surface area contributed by atoms with Crippen LogP contribution in [0.1, 0.15) is 56.4 Å². The molecular weight excluding hydrogens is 220 g/mol. The molecule has 2 unspecified atom stereocenters. The summed E-state index contributed by atoms with van der Waals surface area (Å²) >= 11 is 0. The van der Waals surface area contributed by atoms with Gasteiger partial charge in [0, 0.05) is 11.8 Å². The van der Waals surface area contributed by atoms with Crippen LogP contribution in [0.5, 0.6) is 0 Å². The summed E-state index contributed by atoms with van der Waals surface area (Å²) < 4.78 is 0. The Bertz CT molecular complexity index is 401. The highest BCUT2D eigenvalue weighted by Gasteiger charge is 2.45. The lowest BCUT2D eigenvalue weighted by atomic mass is 9.91. The zero-order chi connectivity index (χ0) is 12.4. The van der Waals surface area contributed by atoms with Crippen LogP contribution in [0.4, 0.5) is 0 Å². The summed E-state index contributed by atoms with van der Waals surface area (Å²) in [4.78, 5) is 12.5. The van der Waals surface area contributed by atoms with Gasteiger partial charge in [-0.05, 0) is 30.7 Å². The molecule has 1 nitrogen and oxygen atoms in total. The van der Waals surface area contributed by atoms with Gasteiger partial charge < -0.3 is 0 Å². The third kappa shape index (κ3) is 2.50. The van der Waals surface area contributed by atoms with E-state index in [0.29, 0.717) is 23.5 Å². The molecule has 2 fully saturated rings. The number of Topliss-reactive ketones (excluding diaryl/α,β-unsaturated/α-hetero) is 1. The van der Waals surface area contributed by atoms with Crippen molar-refractivity contribution < 1.29 is 4.79 Å². The van der Waals surface area contributed by atoms with Crippen LogP contribution in [-0.4, -0.2) is 5.78 Å². The summed E-state index contributed by atoms with van der Waals surface area (Å²) in [5, 5.41) is 0. The van der Waals surface area contributed by atoms with Gasteiger partial charge >= 0.3 is 0 Å². The van der Waals surface area contributed by atoms with Gasteiger partial charge in [-0.3, -0.25) is 4.79 Å². The van der Waals surface area contributed by atoms with Crippen molar-refractivity contribution in [2.24, 2.45) is 11.8 Å². The number of hydrogen-bond donors (Lipinski definition) is 0. The number of ketones is 1. The minimum Gasteiger partial charge on any atom is -0.299 e. The fraction of sp³-hybridized carbons (Fsp3) is 0.588. The standard InChI is InChI=1S/C17H22O/c18-17(14-10-4-1-2-5-11-14)16-12-15(16)13-8-6-3-7-9-13/h3,6-9,14-16H,1-2,4-5,10-12H2. The summed E-state index contributed by atoms with van der Waals surface area (Å²) in [7, 11) is 0. The van der Waals surface area contributed by atoms with Crippen LogP contribution in [-0.2, 0) is 4.79 Å². The Morgan fingerprint density at radius 3 is 2.28 bits per heavy atom. The minimum atomic E-state index is 0.343. The molecule has 0 heterocycles. The van der Waals surface area contributed by atoms with Crippen LogP contribution >= 0.6 is 0 Å². The molecule has 2 atom stereocenters. The first-order valence-corrected chi connectivity index (χ1v) is 7.45. The van der Waals surface area contributed by atoms with E-state index in [1.54, 1.807) is 0 Å². The maximum Gasteiger partial charge on any atom is 0.139 e. The molecule has 2 aliphatic carbocycles. The van der Waals surface area contributed by atoms with Gasteiger partial charge in [0.25, 0.3) is 0 Å². The van der Waals surface area contributed by atoms with E-state index < -0.39 is 0 Å². The lowest BCUT2D eigenvalue weighted by Gasteiger charge is -2.12. The highest BCUT2D eigenvalue weighted by molar-refractivity contribution is 5.87. The van der Waals surface area contributed by atoms with Crippen molar-refractivity contribution in [1.29, 1.82) is 0 Å². The third-order valence-electron chi connectivity index (χ3n) is 4.64. The van der Waals surface area contributed by atoms with Crippen molar-refractivity contribution in [1.82, 2.24) is 0 Å². The number of carbonyl (C=O) groups is 1. The molecule has 0 N–H and O–H groups in total. The smallest absolute Gasteiger partial charge is 0.139 e. The van der Waals surface area contributed by atoms with Crippen LogP contribution in [0.25, 0.3) is 0 Å². The van der Waals surface area contributed by atoms with Crippen LogP contribution < -0.4 is 0 Å². The summed E-state index contributed by atoms with van der Waals surface area (Å²) in [6.45, 7) is 0. The van der Waals surface area contributed by atoms with Gasteiger partial charge in [-0.25, -0.2) is 0 Å². The lowest BCUT2D eigenvalue weighted by Crippen LogP contribution is -2.16. The van der Waals surface area contributed by atoms with E-state index in [2.05, 4.69) is 24.3 Å². The number of rotatable bonds is 3. The second kappa shape index (κ2) is 5.26. The van der Waals surface area contributed by atoms with E-state index >= 15 is 0 Å². The van der Waals surface area contributed by atoms with E-state index in [0.717, 1.165) is 19.3 Å². The topological polar surface area (TPSA) is 17.1 Å². The molecule has 2 aliphatic rings. The van der Waals surface area contributed by atoms with E-state index in [1.165, 1.54) is 31.2 Å². The first-order chi connectivity index (χ1) is 8.86. The van der Waals surface area contributed by atoms with Crippen molar-refractivity contribution in [3.05, 3.63) is 35.9 Å². The molecular formula is C17H22O. The first-order valence-electron chi connectivity index (χ1n) is 7.45. The molecule has 0 amide bonds. The number of carbonyl (C=O) groups excluding carboxylic acids is 1. The Hall–Kier alpha value is -1.11. The van der Waals surface area contributed by atoms with Crippen molar-refractivity contribution in [3.8, 4) is 0 Å². The van der Waals surface area contributed by atoms with E-state index in [4.69, 9.17) is 0 Å². The molecule has 0 spiro atoms. The monoisotopic (exact) mass is 242 g/mol. The lowest BCUT2D eigenvalue weighted by molar-refractivity contribution is -0.124. The van der Waals surface area contributed by atoms with Crippen LogP contribution in [0.3, 0.4) is 0 Å². The molecule has 1 aromatic carbocycles. The SMILES string of the molecule is O=C(C1CCCCCC1)C1CC1c1ccccc1. The molecule has 96 valence electrons. The second-order valence-electron chi connectivity index (χ2n) is 5.95. The van der Waals surface area contributed by atoms with Crippen LogP contribution in [0.2, 0.25) is 0 Å². The zero-order valence-electron chi connectivity index (χ0n) is 11.0. The Kier molecular flexibility index (Phi) is 3.49. The largest absolute Gasteiger partial charge is 0.299 e. The normalized spacial score (nSPS) is 28.7. The molecule has 1 heteroatoms. The molecule has 0 radical (unpaired) electrons. The molecule has 1 aromatic rings. The predicted molar refractivity (Wildman–Crippen MR) is 73.5 cm³/mol. The Balaban J connectivity index is 1.61. The molecule has 18 heavy (non-hydrogen) atoms. The van der Waals surface area contributed by atoms with Crippen LogP contribution in [0.15, 0.2) is 30.3 Å². The molecule has 0 aliphatic heterocycles. The van der Waals surface area contributed by atoms with Gasteiger partial charge in [-0.2, -0.15) is 0 Å². The van der Waals surface area contributed by atoms with Gasteiger partial charge in [0.2, 0.25) is 0 Å². The fourth-order valence-corrected chi connectivity index (χ4v) is 3.44. The quantitative estimate of drug-likeness (QED) is 0.721. The van der Waals surface area contributed by atoms with Crippen molar-refractivity contribution in [2.45, 2.75) is 50.9 Å². The average Bonchev–Trinajstić information content (AvgIpc) is 3.23. The first kappa shape index (κ1) is 12.0. The fourth-order valence-electron chi connectivity index (χ4n) is 3.44. The predicted octanol–water partition coefficient (Wildman–Crippen LogP) is 4.33. The van der Waals surface area contributed by atoms with Gasteiger partial charge in [0.15, 0.2) is 0 Å². The molecule has 0 bridgehead atoms. The third-order valence-corrected chi connectivity index (χ3v) is 4.64. The van der Waals surface area contributed by atoms with Gasteiger partial charge in [0.1, 0.15) is 5.78 Å². The van der Waals surface area contributed by atoms with Gasteiger partial charge in [-0.1, -0.05) is 56.0 Å². The van der Waals surface area contributed by atoms with Gasteiger partial charge in [-0.15, -0.1) is 0 Å². The van der Waals surface area contributed by atoms with E-state index in [1.807, 2.05) is 6.07 Å². The minimum absolute atomic E-state index is 0.343. The average molecular weight is 242 g/mol. The Labute approximate surface area is 110 Å².